The van der Waals surface area contributed by atoms with Crippen molar-refractivity contribution in [1.29, 1.82) is 0 Å². The van der Waals surface area contributed by atoms with Gasteiger partial charge in [0, 0.05) is 5.69 Å². The summed E-state index contributed by atoms with van der Waals surface area (Å²) in [7, 11) is 0. The van der Waals surface area contributed by atoms with Crippen LogP contribution in [-0.4, -0.2) is 42.7 Å². The predicted octanol–water partition coefficient (Wildman–Crippen LogP) is 1.26. The zero-order valence-electron chi connectivity index (χ0n) is 14.2. The molecule has 0 unspecified atom stereocenters. The van der Waals surface area contributed by atoms with Crippen molar-refractivity contribution in [2.75, 3.05) is 25.1 Å². The monoisotopic (exact) mass is 338 g/mol. The largest absolute Gasteiger partial charge is 0.506 e. The molecule has 1 aromatic rings. The third-order valence-electron chi connectivity index (χ3n) is 3.38. The molecular weight excluding hydrogens is 316 g/mol. The molecule has 0 aliphatic heterocycles. The molecule has 0 bridgehead atoms. The van der Waals surface area contributed by atoms with Crippen molar-refractivity contribution in [3.63, 3.8) is 0 Å². The second kappa shape index (κ2) is 8.30. The van der Waals surface area contributed by atoms with Crippen molar-refractivity contribution in [2.45, 2.75) is 27.7 Å². The molecule has 1 aromatic carbocycles. The van der Waals surface area contributed by atoms with Crippen LogP contribution in [0.2, 0.25) is 0 Å². The van der Waals surface area contributed by atoms with E-state index in [0.29, 0.717) is 0 Å². The fourth-order valence-electron chi connectivity index (χ4n) is 2.30. The standard InChI is InChI=1S/C16H22N2O6/c1-5-23-15(21)11-8(3)13(18-10(19)7-17)9(4)12(14(11)20)16(22)24-6-2/h20H,5-7,17H2,1-4H3,(H,18,19). The number of carbonyl (C=O) groups is 3. The highest BCUT2D eigenvalue weighted by Crippen LogP contribution is 2.37. The van der Waals surface area contributed by atoms with Crippen molar-refractivity contribution in [3.8, 4) is 5.75 Å². The maximum atomic E-state index is 12.2. The summed E-state index contributed by atoms with van der Waals surface area (Å²) in [6.45, 7) is 6.18. The maximum Gasteiger partial charge on any atom is 0.342 e. The van der Waals surface area contributed by atoms with E-state index < -0.39 is 23.6 Å². The molecule has 132 valence electrons. The van der Waals surface area contributed by atoms with Crippen molar-refractivity contribution in [2.24, 2.45) is 5.73 Å². The molecule has 0 heterocycles. The number of phenols is 1. The van der Waals surface area contributed by atoms with Crippen molar-refractivity contribution < 1.29 is 29.0 Å². The van der Waals surface area contributed by atoms with E-state index in [1.807, 2.05) is 0 Å². The highest BCUT2D eigenvalue weighted by atomic mass is 16.5. The summed E-state index contributed by atoms with van der Waals surface area (Å²) in [4.78, 5) is 36.0. The van der Waals surface area contributed by atoms with Gasteiger partial charge in [0.2, 0.25) is 5.91 Å². The first-order valence-electron chi connectivity index (χ1n) is 7.50. The van der Waals surface area contributed by atoms with Gasteiger partial charge in [-0.05, 0) is 38.8 Å². The Hall–Kier alpha value is -2.61. The Labute approximate surface area is 139 Å². The van der Waals surface area contributed by atoms with E-state index in [1.165, 1.54) is 13.8 Å². The van der Waals surface area contributed by atoms with Gasteiger partial charge in [-0.25, -0.2) is 9.59 Å². The smallest absolute Gasteiger partial charge is 0.342 e. The van der Waals surface area contributed by atoms with Crippen molar-refractivity contribution in [1.82, 2.24) is 0 Å². The summed E-state index contributed by atoms with van der Waals surface area (Å²) in [5.74, 6) is -2.65. The fraction of sp³-hybridized carbons (Fsp3) is 0.438. The lowest BCUT2D eigenvalue weighted by molar-refractivity contribution is -0.114. The van der Waals surface area contributed by atoms with Crippen LogP contribution in [0.5, 0.6) is 5.75 Å². The summed E-state index contributed by atoms with van der Waals surface area (Å²) in [5, 5.41) is 13.0. The summed E-state index contributed by atoms with van der Waals surface area (Å²) in [5.41, 5.74) is 5.67. The summed E-state index contributed by atoms with van der Waals surface area (Å²) >= 11 is 0. The van der Waals surface area contributed by atoms with Crippen LogP contribution < -0.4 is 11.1 Å². The van der Waals surface area contributed by atoms with Crippen molar-refractivity contribution >= 4 is 23.5 Å². The quantitative estimate of drug-likeness (QED) is 0.526. The van der Waals surface area contributed by atoms with Gasteiger partial charge in [-0.2, -0.15) is 0 Å². The lowest BCUT2D eigenvalue weighted by Gasteiger charge is -2.19. The lowest BCUT2D eigenvalue weighted by atomic mass is 9.95. The third kappa shape index (κ3) is 3.83. The fourth-order valence-corrected chi connectivity index (χ4v) is 2.30. The van der Waals surface area contributed by atoms with Gasteiger partial charge in [0.25, 0.3) is 0 Å². The molecule has 1 rings (SSSR count). The van der Waals surface area contributed by atoms with Gasteiger partial charge >= 0.3 is 11.9 Å². The Morgan fingerprint density at radius 3 is 1.75 bits per heavy atom. The topological polar surface area (TPSA) is 128 Å². The second-order valence-electron chi connectivity index (χ2n) is 4.92. The number of ether oxygens (including phenoxy) is 2. The zero-order valence-corrected chi connectivity index (χ0v) is 14.2. The predicted molar refractivity (Wildman–Crippen MR) is 87.2 cm³/mol. The molecule has 0 aliphatic carbocycles. The molecule has 4 N–H and O–H groups in total. The molecule has 0 aromatic heterocycles. The molecule has 0 radical (unpaired) electrons. The Balaban J connectivity index is 3.67. The molecular formula is C16H22N2O6. The highest BCUT2D eigenvalue weighted by molar-refractivity contribution is 6.06. The van der Waals surface area contributed by atoms with Crippen LogP contribution in [0.15, 0.2) is 0 Å². The number of phenolic OH excluding ortho intramolecular Hbond substituents is 1. The summed E-state index contributed by atoms with van der Waals surface area (Å²) in [6.07, 6.45) is 0. The second-order valence-corrected chi connectivity index (χ2v) is 4.92. The lowest BCUT2D eigenvalue weighted by Crippen LogP contribution is -2.24. The van der Waals surface area contributed by atoms with Gasteiger partial charge in [0.05, 0.1) is 19.8 Å². The number of amides is 1. The van der Waals surface area contributed by atoms with Crippen LogP contribution in [0.1, 0.15) is 45.7 Å². The highest BCUT2D eigenvalue weighted by Gasteiger charge is 2.29. The van der Waals surface area contributed by atoms with E-state index in [4.69, 9.17) is 15.2 Å². The number of rotatable bonds is 6. The van der Waals surface area contributed by atoms with Gasteiger partial charge in [-0.3, -0.25) is 4.79 Å². The first kappa shape index (κ1) is 19.4. The normalized spacial score (nSPS) is 10.2. The van der Waals surface area contributed by atoms with E-state index in [9.17, 15) is 19.5 Å². The van der Waals surface area contributed by atoms with Crippen LogP contribution >= 0.6 is 0 Å². The van der Waals surface area contributed by atoms with Crippen LogP contribution in [0.25, 0.3) is 0 Å². The molecule has 0 spiro atoms. The molecule has 0 atom stereocenters. The van der Waals surface area contributed by atoms with Crippen LogP contribution in [0, 0.1) is 13.8 Å². The van der Waals surface area contributed by atoms with E-state index in [0.717, 1.165) is 0 Å². The molecule has 0 aliphatic rings. The Bertz CT molecular complexity index is 624. The third-order valence-corrected chi connectivity index (χ3v) is 3.38. The van der Waals surface area contributed by atoms with Gasteiger partial charge < -0.3 is 25.6 Å². The number of nitrogens with one attached hydrogen (secondary N) is 1. The molecule has 0 saturated heterocycles. The summed E-state index contributed by atoms with van der Waals surface area (Å²) < 4.78 is 9.84. The first-order chi connectivity index (χ1) is 11.3. The molecule has 8 heteroatoms. The van der Waals surface area contributed by atoms with E-state index in [-0.39, 0.29) is 47.7 Å². The Morgan fingerprint density at radius 2 is 1.42 bits per heavy atom. The molecule has 8 nitrogen and oxygen atoms in total. The zero-order chi connectivity index (χ0) is 18.4. The van der Waals surface area contributed by atoms with E-state index in [1.54, 1.807) is 13.8 Å². The summed E-state index contributed by atoms with van der Waals surface area (Å²) in [6, 6.07) is 0. The number of nitrogens with two attached hydrogens (primary N) is 1. The Morgan fingerprint density at radius 1 is 1.00 bits per heavy atom. The van der Waals surface area contributed by atoms with E-state index >= 15 is 0 Å². The van der Waals surface area contributed by atoms with Crippen molar-refractivity contribution in [3.05, 3.63) is 22.3 Å². The van der Waals surface area contributed by atoms with Gasteiger partial charge in [-0.15, -0.1) is 0 Å². The first-order valence-corrected chi connectivity index (χ1v) is 7.50. The molecule has 0 saturated carbocycles. The average molecular weight is 338 g/mol. The number of carbonyl (C=O) groups excluding carboxylic acids is 3. The van der Waals surface area contributed by atoms with Gasteiger partial charge in [0.15, 0.2) is 0 Å². The Kier molecular flexibility index (Phi) is 6.72. The van der Waals surface area contributed by atoms with Crippen LogP contribution in [0.3, 0.4) is 0 Å². The minimum absolute atomic E-state index is 0.0881. The van der Waals surface area contributed by atoms with Gasteiger partial charge in [-0.1, -0.05) is 0 Å². The number of esters is 2. The SMILES string of the molecule is CCOC(=O)c1c(C)c(NC(=O)CN)c(C)c(C(=O)OCC)c1O. The number of aromatic hydroxyl groups is 1. The minimum Gasteiger partial charge on any atom is -0.506 e. The number of hydrogen-bond acceptors (Lipinski definition) is 7. The molecule has 1 amide bonds. The molecule has 24 heavy (non-hydrogen) atoms. The average Bonchev–Trinajstić information content (AvgIpc) is 2.51. The van der Waals surface area contributed by atoms with Crippen LogP contribution in [0.4, 0.5) is 5.69 Å². The van der Waals surface area contributed by atoms with Gasteiger partial charge in [0.1, 0.15) is 16.9 Å². The minimum atomic E-state index is -0.804. The van der Waals surface area contributed by atoms with Crippen LogP contribution in [-0.2, 0) is 14.3 Å². The number of benzene rings is 1. The van der Waals surface area contributed by atoms with E-state index in [2.05, 4.69) is 5.32 Å². The maximum absolute atomic E-state index is 12.2. The molecule has 0 fully saturated rings. The number of anilines is 1. The number of hydrogen-bond donors (Lipinski definition) is 3.